The van der Waals surface area contributed by atoms with Crippen molar-refractivity contribution in [3.63, 3.8) is 0 Å². The molecule has 0 bridgehead atoms. The molecule has 2 unspecified atom stereocenters. The zero-order valence-corrected chi connectivity index (χ0v) is 25.4. The van der Waals surface area contributed by atoms with E-state index in [1.54, 1.807) is 0 Å². The molecular weight excluding hydrogens is 444 g/mol. The number of thiocarbonyl (C=S) groups is 1. The zero-order chi connectivity index (χ0) is 25.8. The Morgan fingerprint density at radius 1 is 0.457 bits per heavy atom. The highest BCUT2D eigenvalue weighted by Crippen LogP contribution is 2.27. The van der Waals surface area contributed by atoms with Crippen LogP contribution in [0, 0.1) is 11.8 Å². The number of hydrogen-bond donors (Lipinski definition) is 1. The lowest BCUT2D eigenvalue weighted by atomic mass is 9.85. The lowest BCUT2D eigenvalue weighted by Gasteiger charge is -2.22. The summed E-state index contributed by atoms with van der Waals surface area (Å²) < 4.78 is 0. The van der Waals surface area contributed by atoms with Gasteiger partial charge in [0.15, 0.2) is 5.05 Å². The molecule has 2 heteroatoms. The fourth-order valence-corrected chi connectivity index (χ4v) is 5.71. The molecule has 0 saturated carbocycles. The van der Waals surface area contributed by atoms with Crippen LogP contribution in [-0.4, -0.2) is 10.2 Å². The largest absolute Gasteiger partial charge is 0.502 e. The first-order valence-corrected chi connectivity index (χ1v) is 16.8. The van der Waals surface area contributed by atoms with Crippen LogP contribution in [0.25, 0.3) is 0 Å². The maximum atomic E-state index is 9.91. The third-order valence-electron chi connectivity index (χ3n) is 8.20. The summed E-state index contributed by atoms with van der Waals surface area (Å²) in [6, 6.07) is 0. The molecule has 2 atom stereocenters. The molecule has 35 heavy (non-hydrogen) atoms. The molecule has 0 saturated heterocycles. The lowest BCUT2D eigenvalue weighted by Crippen LogP contribution is -2.19. The van der Waals surface area contributed by atoms with Crippen molar-refractivity contribution in [3.8, 4) is 0 Å². The SMILES string of the molecule is CCCCCCCCCCCCCCCCCC(CCCCCCCCCCCC)C(C)C(O)=S. The lowest BCUT2D eigenvalue weighted by molar-refractivity contribution is 0.327. The fourth-order valence-electron chi connectivity index (χ4n) is 5.52. The minimum absolute atomic E-state index is 0.190. The Kier molecular flexibility index (Phi) is 28.4. The summed E-state index contributed by atoms with van der Waals surface area (Å²) in [4.78, 5) is 0. The van der Waals surface area contributed by atoms with Gasteiger partial charge in [-0.15, -0.1) is 0 Å². The van der Waals surface area contributed by atoms with E-state index in [0.29, 0.717) is 5.92 Å². The maximum absolute atomic E-state index is 9.91. The summed E-state index contributed by atoms with van der Waals surface area (Å²) in [6.07, 6.45) is 37.7. The average molecular weight is 511 g/mol. The fraction of sp³-hybridized carbons (Fsp3) is 0.970. The van der Waals surface area contributed by atoms with Crippen LogP contribution in [0.2, 0.25) is 0 Å². The molecule has 0 aromatic heterocycles. The molecular formula is C33H66OS. The van der Waals surface area contributed by atoms with E-state index in [1.165, 1.54) is 173 Å². The predicted molar refractivity (Wildman–Crippen MR) is 164 cm³/mol. The van der Waals surface area contributed by atoms with Crippen LogP contribution in [-0.2, 0) is 0 Å². The number of aliphatic hydroxyl groups is 1. The van der Waals surface area contributed by atoms with Gasteiger partial charge in [0.05, 0.1) is 0 Å². The van der Waals surface area contributed by atoms with Crippen LogP contribution in [0.4, 0.5) is 0 Å². The molecule has 0 heterocycles. The summed E-state index contributed by atoms with van der Waals surface area (Å²) in [5.74, 6) is 0.777. The topological polar surface area (TPSA) is 20.2 Å². The van der Waals surface area contributed by atoms with Crippen molar-refractivity contribution in [3.05, 3.63) is 0 Å². The Labute approximate surface area is 228 Å². The number of hydrogen-bond acceptors (Lipinski definition) is 1. The highest BCUT2D eigenvalue weighted by Gasteiger charge is 2.20. The first kappa shape index (κ1) is 34.9. The maximum Gasteiger partial charge on any atom is 0.159 e. The Morgan fingerprint density at radius 2 is 0.686 bits per heavy atom. The van der Waals surface area contributed by atoms with Crippen LogP contribution >= 0.6 is 12.2 Å². The van der Waals surface area contributed by atoms with Crippen molar-refractivity contribution in [2.24, 2.45) is 11.8 Å². The van der Waals surface area contributed by atoms with Gasteiger partial charge in [0, 0.05) is 5.92 Å². The second-order valence-corrected chi connectivity index (χ2v) is 12.0. The van der Waals surface area contributed by atoms with Gasteiger partial charge in [-0.05, 0) is 31.0 Å². The second kappa shape index (κ2) is 28.5. The standard InChI is InChI=1S/C33H66OS/c1-4-6-8-10-12-14-16-17-18-19-20-22-24-26-28-30-32(31(3)33(34)35)29-27-25-23-21-15-13-11-9-7-5-2/h31-32H,4-30H2,1-3H3,(H,34,35). The predicted octanol–water partition coefficient (Wildman–Crippen LogP) is 12.7. The molecule has 1 nitrogen and oxygen atoms in total. The smallest absolute Gasteiger partial charge is 0.159 e. The van der Waals surface area contributed by atoms with Crippen LogP contribution < -0.4 is 0 Å². The van der Waals surface area contributed by atoms with E-state index in [0.717, 1.165) is 0 Å². The van der Waals surface area contributed by atoms with E-state index in [4.69, 9.17) is 12.2 Å². The Hall–Kier alpha value is -0.110. The summed E-state index contributed by atoms with van der Waals surface area (Å²) >= 11 is 5.14. The van der Waals surface area contributed by atoms with Gasteiger partial charge in [-0.25, -0.2) is 0 Å². The van der Waals surface area contributed by atoms with E-state index in [9.17, 15) is 5.11 Å². The Bertz CT molecular complexity index is 421. The highest BCUT2D eigenvalue weighted by molar-refractivity contribution is 7.80. The van der Waals surface area contributed by atoms with Crippen molar-refractivity contribution < 1.29 is 5.11 Å². The molecule has 0 aliphatic carbocycles. The molecule has 0 radical (unpaired) electrons. The number of rotatable bonds is 29. The van der Waals surface area contributed by atoms with E-state index in [2.05, 4.69) is 20.8 Å². The van der Waals surface area contributed by atoms with Crippen LogP contribution in [0.1, 0.15) is 194 Å². The molecule has 1 N–H and O–H groups in total. The van der Waals surface area contributed by atoms with Gasteiger partial charge < -0.3 is 5.11 Å². The van der Waals surface area contributed by atoms with Gasteiger partial charge in [0.2, 0.25) is 0 Å². The van der Waals surface area contributed by atoms with E-state index < -0.39 is 0 Å². The van der Waals surface area contributed by atoms with Crippen molar-refractivity contribution in [2.45, 2.75) is 194 Å². The third kappa shape index (κ3) is 25.3. The summed E-state index contributed by atoms with van der Waals surface area (Å²) in [7, 11) is 0. The normalized spacial score (nSPS) is 13.2. The van der Waals surface area contributed by atoms with Crippen LogP contribution in [0.5, 0.6) is 0 Å². The molecule has 210 valence electrons. The first-order valence-electron chi connectivity index (χ1n) is 16.4. The minimum Gasteiger partial charge on any atom is -0.502 e. The molecule has 0 aliphatic rings. The molecule has 0 rings (SSSR count). The summed E-state index contributed by atoms with van der Waals surface area (Å²) in [5.41, 5.74) is 0. The van der Waals surface area contributed by atoms with Crippen molar-refractivity contribution >= 4 is 17.3 Å². The van der Waals surface area contributed by atoms with Crippen molar-refractivity contribution in [2.75, 3.05) is 0 Å². The van der Waals surface area contributed by atoms with Crippen molar-refractivity contribution in [1.29, 1.82) is 0 Å². The molecule has 0 spiro atoms. The average Bonchev–Trinajstić information content (AvgIpc) is 2.85. The third-order valence-corrected chi connectivity index (χ3v) is 8.58. The summed E-state index contributed by atoms with van der Waals surface area (Å²) in [6.45, 7) is 6.73. The first-order chi connectivity index (χ1) is 17.1. The zero-order valence-electron chi connectivity index (χ0n) is 24.6. The molecule has 0 aromatic carbocycles. The minimum atomic E-state index is 0.190. The molecule has 0 amide bonds. The molecule has 0 aromatic rings. The van der Waals surface area contributed by atoms with Gasteiger partial charge in [-0.2, -0.15) is 0 Å². The van der Waals surface area contributed by atoms with Gasteiger partial charge in [0.25, 0.3) is 0 Å². The van der Waals surface area contributed by atoms with Crippen LogP contribution in [0.3, 0.4) is 0 Å². The number of aliphatic hydroxyl groups excluding tert-OH is 1. The van der Waals surface area contributed by atoms with E-state index in [-0.39, 0.29) is 11.0 Å². The second-order valence-electron chi connectivity index (χ2n) is 11.6. The summed E-state index contributed by atoms with van der Waals surface area (Å²) in [5, 5.41) is 10.1. The van der Waals surface area contributed by atoms with Gasteiger partial charge in [-0.3, -0.25) is 0 Å². The van der Waals surface area contributed by atoms with Gasteiger partial charge in [-0.1, -0.05) is 181 Å². The van der Waals surface area contributed by atoms with Crippen LogP contribution in [0.15, 0.2) is 0 Å². The quantitative estimate of drug-likeness (QED) is 0.0797. The monoisotopic (exact) mass is 510 g/mol. The molecule has 0 aliphatic heterocycles. The van der Waals surface area contributed by atoms with Gasteiger partial charge >= 0.3 is 0 Å². The van der Waals surface area contributed by atoms with Crippen molar-refractivity contribution in [1.82, 2.24) is 0 Å². The van der Waals surface area contributed by atoms with E-state index >= 15 is 0 Å². The Morgan fingerprint density at radius 3 is 0.914 bits per heavy atom. The molecule has 0 fully saturated rings. The highest BCUT2D eigenvalue weighted by atomic mass is 32.1. The number of unbranched alkanes of at least 4 members (excludes halogenated alkanes) is 23. The van der Waals surface area contributed by atoms with Gasteiger partial charge in [0.1, 0.15) is 0 Å². The van der Waals surface area contributed by atoms with E-state index in [1.807, 2.05) is 0 Å². The Balaban J connectivity index is 3.64.